The highest BCUT2D eigenvalue weighted by Gasteiger charge is 2.27. The van der Waals surface area contributed by atoms with Gasteiger partial charge in [-0.1, -0.05) is 85.8 Å². The number of carbonyl (C=O) groups is 2. The molecule has 0 saturated heterocycles. The third-order valence-corrected chi connectivity index (χ3v) is 7.61. The highest BCUT2D eigenvalue weighted by atomic mass is 35.5. The van der Waals surface area contributed by atoms with E-state index >= 15 is 0 Å². The molecule has 0 saturated carbocycles. The molecule has 0 fully saturated rings. The maximum absolute atomic E-state index is 13.0. The minimum atomic E-state index is -0.430. The molecule has 0 radical (unpaired) electrons. The van der Waals surface area contributed by atoms with Crippen LogP contribution in [0.3, 0.4) is 0 Å². The van der Waals surface area contributed by atoms with Crippen molar-refractivity contribution in [3.8, 4) is 11.3 Å². The maximum Gasteiger partial charge on any atom is 0.253 e. The molecular weight excluding hydrogens is 540 g/mol. The molecule has 11 heteroatoms. The van der Waals surface area contributed by atoms with Crippen LogP contribution in [0, 0.1) is 5.92 Å². The number of allylic oxidation sites excluding steroid dienone is 1. The molecule has 0 aliphatic carbocycles. The summed E-state index contributed by atoms with van der Waals surface area (Å²) in [7, 11) is 0. The van der Waals surface area contributed by atoms with Crippen molar-refractivity contribution in [3.05, 3.63) is 89.0 Å². The van der Waals surface area contributed by atoms with Gasteiger partial charge in [0.05, 0.1) is 28.1 Å². The normalized spacial score (nSPS) is 11.8. The molecule has 0 spiro atoms. The Morgan fingerprint density at radius 2 is 1.87 bits per heavy atom. The molecule has 0 aliphatic heterocycles. The summed E-state index contributed by atoms with van der Waals surface area (Å²) in [6.45, 7) is 8.24. The summed E-state index contributed by atoms with van der Waals surface area (Å²) in [4.78, 5) is 30.2. The highest BCUT2D eigenvalue weighted by molar-refractivity contribution is 7.99. The first kappa shape index (κ1) is 27.6. The molecule has 1 atom stereocenters. The predicted octanol–water partition coefficient (Wildman–Crippen LogP) is 6.10. The van der Waals surface area contributed by atoms with Crippen molar-refractivity contribution >= 4 is 51.6 Å². The standard InChI is InChI=1S/C27H27ClN6O2S2/c1-4-14-34-24(23(17(2)3)31-25(36)19-12-8-9-13-20(19)28)32-33-27(34)38-16-22(35)30-26-29-21(15-37-26)18-10-6-5-7-11-18/h4-13,15,17,23H,1,14,16H2,2-3H3,(H,31,36)(H,29,30,35)/t23-/m1/s1. The van der Waals surface area contributed by atoms with Gasteiger partial charge in [-0.05, 0) is 18.1 Å². The van der Waals surface area contributed by atoms with E-state index in [1.807, 2.05) is 54.1 Å². The quantitative estimate of drug-likeness (QED) is 0.168. The number of hydrogen-bond donors (Lipinski definition) is 2. The molecular formula is C27H27ClN6O2S2. The van der Waals surface area contributed by atoms with Gasteiger partial charge in [-0.2, -0.15) is 0 Å². The molecule has 4 aromatic rings. The van der Waals surface area contributed by atoms with Crippen LogP contribution < -0.4 is 10.6 Å². The van der Waals surface area contributed by atoms with Crippen molar-refractivity contribution in [1.29, 1.82) is 0 Å². The minimum Gasteiger partial charge on any atom is -0.342 e. The monoisotopic (exact) mass is 566 g/mol. The van der Waals surface area contributed by atoms with E-state index in [-0.39, 0.29) is 23.5 Å². The smallest absolute Gasteiger partial charge is 0.253 e. The van der Waals surface area contributed by atoms with Gasteiger partial charge in [0.1, 0.15) is 0 Å². The summed E-state index contributed by atoms with van der Waals surface area (Å²) in [5.41, 5.74) is 2.19. The lowest BCUT2D eigenvalue weighted by Crippen LogP contribution is -2.34. The second-order valence-electron chi connectivity index (χ2n) is 8.66. The fourth-order valence-electron chi connectivity index (χ4n) is 3.69. The van der Waals surface area contributed by atoms with Crippen molar-refractivity contribution in [2.45, 2.75) is 31.6 Å². The molecule has 2 N–H and O–H groups in total. The summed E-state index contributed by atoms with van der Waals surface area (Å²) < 4.78 is 1.86. The van der Waals surface area contributed by atoms with E-state index in [1.54, 1.807) is 30.3 Å². The highest BCUT2D eigenvalue weighted by Crippen LogP contribution is 2.28. The number of thioether (sulfide) groups is 1. The van der Waals surface area contributed by atoms with E-state index in [1.165, 1.54) is 23.1 Å². The lowest BCUT2D eigenvalue weighted by Gasteiger charge is -2.22. The third kappa shape index (κ3) is 6.69. The summed E-state index contributed by atoms with van der Waals surface area (Å²) >= 11 is 8.85. The number of benzene rings is 2. The van der Waals surface area contributed by atoms with E-state index in [0.717, 1.165) is 11.3 Å². The summed E-state index contributed by atoms with van der Waals surface area (Å²) in [5, 5.41) is 18.0. The van der Waals surface area contributed by atoms with E-state index in [4.69, 9.17) is 11.6 Å². The first-order chi connectivity index (χ1) is 18.4. The zero-order valence-electron chi connectivity index (χ0n) is 20.9. The van der Waals surface area contributed by atoms with E-state index < -0.39 is 6.04 Å². The molecule has 0 bridgehead atoms. The fraction of sp³-hybridized carbons (Fsp3) is 0.222. The topological polar surface area (TPSA) is 102 Å². The lowest BCUT2D eigenvalue weighted by molar-refractivity contribution is -0.113. The molecule has 2 aromatic carbocycles. The Kier molecular flexibility index (Phi) is 9.33. The van der Waals surface area contributed by atoms with Crippen molar-refractivity contribution in [2.75, 3.05) is 11.1 Å². The van der Waals surface area contributed by atoms with Crippen molar-refractivity contribution < 1.29 is 9.59 Å². The van der Waals surface area contributed by atoms with E-state index in [2.05, 4.69) is 32.4 Å². The number of anilines is 1. The Balaban J connectivity index is 1.45. The van der Waals surface area contributed by atoms with Crippen LogP contribution in [-0.4, -0.2) is 37.3 Å². The van der Waals surface area contributed by atoms with Crippen LogP contribution in [0.25, 0.3) is 11.3 Å². The number of thiazole rings is 1. The number of halogens is 1. The van der Waals surface area contributed by atoms with Crippen LogP contribution in [0.4, 0.5) is 5.13 Å². The Morgan fingerprint density at radius 3 is 2.58 bits per heavy atom. The number of amides is 2. The Bertz CT molecular complexity index is 1420. The molecule has 8 nitrogen and oxygen atoms in total. The fourth-order valence-corrected chi connectivity index (χ4v) is 5.40. The lowest BCUT2D eigenvalue weighted by atomic mass is 10.0. The summed E-state index contributed by atoms with van der Waals surface area (Å²) in [6, 6.07) is 16.2. The van der Waals surface area contributed by atoms with Gasteiger partial charge < -0.3 is 15.2 Å². The minimum absolute atomic E-state index is 0.0130. The van der Waals surface area contributed by atoms with Crippen molar-refractivity contribution in [1.82, 2.24) is 25.1 Å². The van der Waals surface area contributed by atoms with Gasteiger partial charge in [-0.15, -0.1) is 28.1 Å². The van der Waals surface area contributed by atoms with Crippen molar-refractivity contribution in [3.63, 3.8) is 0 Å². The van der Waals surface area contributed by atoms with Crippen LogP contribution >= 0.6 is 34.7 Å². The second-order valence-corrected chi connectivity index (χ2v) is 10.9. The van der Waals surface area contributed by atoms with Gasteiger partial charge in [-0.25, -0.2) is 4.98 Å². The van der Waals surface area contributed by atoms with Gasteiger partial charge in [0, 0.05) is 17.5 Å². The molecule has 196 valence electrons. The van der Waals surface area contributed by atoms with Crippen LogP contribution in [-0.2, 0) is 11.3 Å². The molecule has 4 rings (SSSR count). The first-order valence-corrected chi connectivity index (χ1v) is 14.1. The van der Waals surface area contributed by atoms with Crippen LogP contribution in [0.5, 0.6) is 0 Å². The Hall–Kier alpha value is -3.47. The van der Waals surface area contributed by atoms with Crippen LogP contribution in [0.2, 0.25) is 5.02 Å². The second kappa shape index (κ2) is 12.9. The number of rotatable bonds is 11. The number of nitrogens with one attached hydrogen (secondary N) is 2. The van der Waals surface area contributed by atoms with E-state index in [0.29, 0.717) is 33.2 Å². The zero-order chi connectivity index (χ0) is 27.1. The molecule has 2 heterocycles. The molecule has 2 aromatic heterocycles. The van der Waals surface area contributed by atoms with Gasteiger partial charge in [0.2, 0.25) is 5.91 Å². The predicted molar refractivity (Wildman–Crippen MR) is 154 cm³/mol. The van der Waals surface area contributed by atoms with Gasteiger partial charge in [-0.3, -0.25) is 9.59 Å². The average molecular weight is 567 g/mol. The summed E-state index contributed by atoms with van der Waals surface area (Å²) in [6.07, 6.45) is 1.73. The molecule has 2 amide bonds. The number of hydrogen-bond acceptors (Lipinski definition) is 7. The zero-order valence-corrected chi connectivity index (χ0v) is 23.3. The van der Waals surface area contributed by atoms with Gasteiger partial charge in [0.15, 0.2) is 16.1 Å². The average Bonchev–Trinajstić information content (AvgIpc) is 3.54. The third-order valence-electron chi connectivity index (χ3n) is 5.56. The number of aromatic nitrogens is 4. The maximum atomic E-state index is 13.0. The SMILES string of the molecule is C=CCn1c(SCC(=O)Nc2nc(-c3ccccc3)cs2)nnc1[C@H](NC(=O)c1ccccc1Cl)C(C)C. The molecule has 0 unspecified atom stereocenters. The number of nitrogens with zero attached hydrogens (tertiary/aromatic N) is 4. The van der Waals surface area contributed by atoms with Crippen LogP contribution in [0.15, 0.2) is 77.8 Å². The Morgan fingerprint density at radius 1 is 1.13 bits per heavy atom. The Labute approximate surface area is 234 Å². The first-order valence-electron chi connectivity index (χ1n) is 11.9. The van der Waals surface area contributed by atoms with Gasteiger partial charge in [0.25, 0.3) is 5.91 Å². The summed E-state index contributed by atoms with van der Waals surface area (Å²) in [5.74, 6) is 0.212. The molecule has 0 aliphatic rings. The van der Waals surface area contributed by atoms with Crippen LogP contribution in [0.1, 0.15) is 36.1 Å². The van der Waals surface area contributed by atoms with Crippen molar-refractivity contribution in [2.24, 2.45) is 5.92 Å². The largest absolute Gasteiger partial charge is 0.342 e. The van der Waals surface area contributed by atoms with Gasteiger partial charge >= 0.3 is 0 Å². The van der Waals surface area contributed by atoms with E-state index in [9.17, 15) is 9.59 Å². The molecule has 38 heavy (non-hydrogen) atoms. The number of carbonyl (C=O) groups excluding carboxylic acids is 2.